The molecule has 2 N–H and O–H groups in total. The summed E-state index contributed by atoms with van der Waals surface area (Å²) in [4.78, 5) is 13.9. The molecule has 1 amide bonds. The summed E-state index contributed by atoms with van der Waals surface area (Å²) >= 11 is 1.83. The minimum absolute atomic E-state index is 0.0573. The molecule has 0 saturated heterocycles. The van der Waals surface area contributed by atoms with E-state index in [1.165, 1.54) is 37.8 Å². The molecule has 2 aliphatic carbocycles. The molecule has 28 heavy (non-hydrogen) atoms. The summed E-state index contributed by atoms with van der Waals surface area (Å²) in [6, 6.07) is 14.0. The van der Waals surface area contributed by atoms with E-state index in [4.69, 9.17) is 0 Å². The number of hydrogen-bond acceptors (Lipinski definition) is 4. The van der Waals surface area contributed by atoms with Gasteiger partial charge < -0.3 is 5.32 Å². The minimum atomic E-state index is -3.50. The van der Waals surface area contributed by atoms with Crippen LogP contribution >= 0.6 is 11.8 Å². The standard InChI is InChI=1S/C21H24N2O3S2/c24-21(15-9-13-18(14-10-15)28(25,26)23-16-11-12-16)22-19-7-3-4-8-20(19)27-17-5-1-2-6-17/h3-4,7-10,13-14,16-17,23H,1-2,5-6,11-12H2,(H,22,24). The zero-order valence-electron chi connectivity index (χ0n) is 15.6. The van der Waals surface area contributed by atoms with E-state index in [0.29, 0.717) is 10.8 Å². The van der Waals surface area contributed by atoms with Gasteiger partial charge in [0.05, 0.1) is 10.6 Å². The van der Waals surface area contributed by atoms with Crippen LogP contribution in [-0.4, -0.2) is 25.6 Å². The number of benzene rings is 2. The summed E-state index contributed by atoms with van der Waals surface area (Å²) < 4.78 is 27.1. The molecule has 0 spiro atoms. The SMILES string of the molecule is O=C(Nc1ccccc1SC1CCCC1)c1ccc(S(=O)(=O)NC2CC2)cc1. The van der Waals surface area contributed by atoms with Crippen molar-refractivity contribution in [1.29, 1.82) is 0 Å². The highest BCUT2D eigenvalue weighted by Crippen LogP contribution is 2.38. The highest BCUT2D eigenvalue weighted by atomic mass is 32.2. The van der Waals surface area contributed by atoms with Crippen molar-refractivity contribution >= 4 is 33.4 Å². The topological polar surface area (TPSA) is 75.3 Å². The Bertz CT molecular complexity index is 948. The van der Waals surface area contributed by atoms with Crippen molar-refractivity contribution in [2.75, 3.05) is 5.32 Å². The minimum Gasteiger partial charge on any atom is -0.321 e. The lowest BCUT2D eigenvalue weighted by molar-refractivity contribution is 0.102. The van der Waals surface area contributed by atoms with Gasteiger partial charge in [0.25, 0.3) is 5.91 Å². The van der Waals surface area contributed by atoms with Crippen molar-refractivity contribution in [1.82, 2.24) is 4.72 Å². The van der Waals surface area contributed by atoms with Gasteiger partial charge in [-0.05, 0) is 62.1 Å². The number of anilines is 1. The summed E-state index contributed by atoms with van der Waals surface area (Å²) in [5.74, 6) is -0.237. The van der Waals surface area contributed by atoms with Crippen LogP contribution in [0.3, 0.4) is 0 Å². The molecular weight excluding hydrogens is 392 g/mol. The van der Waals surface area contributed by atoms with E-state index >= 15 is 0 Å². The third kappa shape index (κ3) is 4.77. The van der Waals surface area contributed by atoms with Crippen molar-refractivity contribution in [3.8, 4) is 0 Å². The average molecular weight is 417 g/mol. The molecular formula is C21H24N2O3S2. The maximum atomic E-state index is 12.7. The number of carbonyl (C=O) groups is 1. The van der Waals surface area contributed by atoms with E-state index in [2.05, 4.69) is 10.0 Å². The summed E-state index contributed by atoms with van der Waals surface area (Å²) in [6.07, 6.45) is 6.76. The van der Waals surface area contributed by atoms with Crippen molar-refractivity contribution < 1.29 is 13.2 Å². The molecule has 2 aromatic rings. The molecule has 0 atom stereocenters. The van der Waals surface area contributed by atoms with Gasteiger partial charge in [-0.2, -0.15) is 0 Å². The molecule has 148 valence electrons. The summed E-state index contributed by atoms with van der Waals surface area (Å²) in [5.41, 5.74) is 1.24. The monoisotopic (exact) mass is 416 g/mol. The number of thioether (sulfide) groups is 1. The van der Waals surface area contributed by atoms with Crippen molar-refractivity contribution in [2.45, 2.75) is 59.6 Å². The van der Waals surface area contributed by atoms with Gasteiger partial charge in [0.15, 0.2) is 0 Å². The van der Waals surface area contributed by atoms with Gasteiger partial charge in [-0.15, -0.1) is 11.8 Å². The number of para-hydroxylation sites is 1. The van der Waals surface area contributed by atoms with Gasteiger partial charge in [0, 0.05) is 21.8 Å². The predicted molar refractivity (Wildman–Crippen MR) is 112 cm³/mol. The maximum absolute atomic E-state index is 12.7. The third-order valence-electron chi connectivity index (χ3n) is 5.06. The molecule has 2 saturated carbocycles. The van der Waals surface area contributed by atoms with Crippen LogP contribution in [0.25, 0.3) is 0 Å². The smallest absolute Gasteiger partial charge is 0.255 e. The predicted octanol–water partition coefficient (Wildman–Crippen LogP) is 4.41. The fourth-order valence-corrected chi connectivity index (χ4v) is 5.96. The van der Waals surface area contributed by atoms with Crippen LogP contribution in [0, 0.1) is 0 Å². The van der Waals surface area contributed by atoms with Crippen LogP contribution in [0.2, 0.25) is 0 Å². The number of carbonyl (C=O) groups excluding carboxylic acids is 1. The van der Waals surface area contributed by atoms with Gasteiger partial charge in [-0.3, -0.25) is 4.79 Å². The fourth-order valence-electron chi connectivity index (χ4n) is 3.33. The van der Waals surface area contributed by atoms with Crippen LogP contribution in [0.5, 0.6) is 0 Å². The summed E-state index contributed by atoms with van der Waals surface area (Å²) in [6.45, 7) is 0. The number of hydrogen-bond donors (Lipinski definition) is 2. The molecule has 2 fully saturated rings. The van der Waals surface area contributed by atoms with E-state index in [1.807, 2.05) is 36.0 Å². The van der Waals surface area contributed by atoms with E-state index in [9.17, 15) is 13.2 Å². The lowest BCUT2D eigenvalue weighted by atomic mass is 10.2. The molecule has 0 aromatic heterocycles. The van der Waals surface area contributed by atoms with Crippen LogP contribution in [0.1, 0.15) is 48.9 Å². The first kappa shape index (κ1) is 19.5. The second kappa shape index (κ2) is 8.27. The largest absolute Gasteiger partial charge is 0.321 e. The van der Waals surface area contributed by atoms with Crippen molar-refractivity contribution in [3.05, 3.63) is 54.1 Å². The average Bonchev–Trinajstić information content (AvgIpc) is 3.34. The second-order valence-corrected chi connectivity index (χ2v) is 10.5. The Labute approximate surface area is 170 Å². The molecule has 0 aliphatic heterocycles. The fraction of sp³-hybridized carbons (Fsp3) is 0.381. The Morgan fingerprint density at radius 2 is 1.61 bits per heavy atom. The van der Waals surface area contributed by atoms with Crippen LogP contribution in [-0.2, 0) is 10.0 Å². The molecule has 0 unspecified atom stereocenters. The molecule has 4 rings (SSSR count). The summed E-state index contributed by atoms with van der Waals surface area (Å²) in [7, 11) is -3.50. The first-order valence-corrected chi connectivity index (χ1v) is 12.1. The van der Waals surface area contributed by atoms with Gasteiger partial charge >= 0.3 is 0 Å². The Morgan fingerprint density at radius 1 is 0.929 bits per heavy atom. The van der Waals surface area contributed by atoms with Crippen LogP contribution in [0.15, 0.2) is 58.3 Å². The lowest BCUT2D eigenvalue weighted by Gasteiger charge is -2.14. The van der Waals surface area contributed by atoms with E-state index < -0.39 is 10.0 Å². The molecule has 5 nitrogen and oxygen atoms in total. The second-order valence-electron chi connectivity index (χ2n) is 7.39. The Morgan fingerprint density at radius 3 is 2.29 bits per heavy atom. The van der Waals surface area contributed by atoms with Crippen molar-refractivity contribution in [2.24, 2.45) is 0 Å². The molecule has 0 radical (unpaired) electrons. The first-order chi connectivity index (χ1) is 13.5. The third-order valence-corrected chi connectivity index (χ3v) is 8.01. The number of amides is 1. The van der Waals surface area contributed by atoms with Gasteiger partial charge in [-0.1, -0.05) is 25.0 Å². The Balaban J connectivity index is 1.45. The molecule has 0 bridgehead atoms. The number of rotatable bonds is 7. The number of nitrogens with one attached hydrogen (secondary N) is 2. The Hall–Kier alpha value is -1.83. The maximum Gasteiger partial charge on any atom is 0.255 e. The number of sulfonamides is 1. The van der Waals surface area contributed by atoms with E-state index in [0.717, 1.165) is 23.4 Å². The van der Waals surface area contributed by atoms with E-state index in [1.54, 1.807) is 12.1 Å². The van der Waals surface area contributed by atoms with Crippen LogP contribution < -0.4 is 10.0 Å². The van der Waals surface area contributed by atoms with Crippen LogP contribution in [0.4, 0.5) is 5.69 Å². The first-order valence-electron chi connectivity index (χ1n) is 9.71. The van der Waals surface area contributed by atoms with E-state index in [-0.39, 0.29) is 16.8 Å². The van der Waals surface area contributed by atoms with Gasteiger partial charge in [0.1, 0.15) is 0 Å². The molecule has 0 heterocycles. The molecule has 2 aromatic carbocycles. The molecule has 7 heteroatoms. The normalized spacial score (nSPS) is 17.6. The Kier molecular flexibility index (Phi) is 5.75. The highest BCUT2D eigenvalue weighted by Gasteiger charge is 2.28. The summed E-state index contributed by atoms with van der Waals surface area (Å²) in [5, 5.41) is 3.59. The zero-order chi connectivity index (χ0) is 19.6. The van der Waals surface area contributed by atoms with Crippen molar-refractivity contribution in [3.63, 3.8) is 0 Å². The van der Waals surface area contributed by atoms with Gasteiger partial charge in [-0.25, -0.2) is 13.1 Å². The molecule has 2 aliphatic rings. The van der Waals surface area contributed by atoms with Gasteiger partial charge in [0.2, 0.25) is 10.0 Å². The highest BCUT2D eigenvalue weighted by molar-refractivity contribution is 8.00. The quantitative estimate of drug-likeness (QED) is 0.701. The lowest BCUT2D eigenvalue weighted by Crippen LogP contribution is -2.25. The zero-order valence-corrected chi connectivity index (χ0v) is 17.2.